The smallest absolute Gasteiger partial charge is 0.308 e. The summed E-state index contributed by atoms with van der Waals surface area (Å²) < 4.78 is 0. The lowest BCUT2D eigenvalue weighted by molar-refractivity contribution is -0.147. The summed E-state index contributed by atoms with van der Waals surface area (Å²) >= 11 is 0. The van der Waals surface area contributed by atoms with Crippen molar-refractivity contribution in [1.82, 2.24) is 0 Å². The summed E-state index contributed by atoms with van der Waals surface area (Å²) in [4.78, 5) is 10.5. The van der Waals surface area contributed by atoms with Crippen LogP contribution >= 0.6 is 0 Å². The van der Waals surface area contributed by atoms with E-state index in [1.807, 2.05) is 0 Å². The Bertz CT molecular complexity index is 170. The van der Waals surface area contributed by atoms with Crippen LogP contribution in [0.25, 0.3) is 0 Å². The van der Waals surface area contributed by atoms with Gasteiger partial charge in [-0.25, -0.2) is 0 Å². The molecule has 0 aliphatic carbocycles. The number of aliphatic hydroxyl groups is 3. The molecule has 0 rings (SSSR count). The molecule has 0 saturated carbocycles. The second-order valence-electron chi connectivity index (χ2n) is 3.23. The van der Waals surface area contributed by atoms with Crippen LogP contribution in [0.1, 0.15) is 13.8 Å². The van der Waals surface area contributed by atoms with Crippen LogP contribution < -0.4 is 0 Å². The molecule has 4 N–H and O–H groups in total. The van der Waals surface area contributed by atoms with E-state index in [9.17, 15) is 9.90 Å². The van der Waals surface area contributed by atoms with Crippen LogP contribution in [0, 0.1) is 11.8 Å². The molecule has 0 saturated heterocycles. The second kappa shape index (κ2) is 5.16. The third kappa shape index (κ3) is 3.30. The fourth-order valence-electron chi connectivity index (χ4n) is 0.995. The Balaban J connectivity index is 4.24. The second-order valence-corrected chi connectivity index (χ2v) is 3.23. The predicted molar refractivity (Wildman–Crippen MR) is 45.1 cm³/mol. The van der Waals surface area contributed by atoms with E-state index in [2.05, 4.69) is 0 Å². The highest BCUT2D eigenvalue weighted by atomic mass is 16.4. The molecule has 0 heterocycles. The van der Waals surface area contributed by atoms with Crippen molar-refractivity contribution in [3.8, 4) is 0 Å². The first-order valence-corrected chi connectivity index (χ1v) is 4.11. The Morgan fingerprint density at radius 3 is 2.08 bits per heavy atom. The fraction of sp³-hybridized carbons (Fsp3) is 0.875. The number of hydrogen-bond acceptors (Lipinski definition) is 4. The summed E-state index contributed by atoms with van der Waals surface area (Å²) in [5.74, 6) is -2.73. The number of aliphatic hydroxyl groups excluding tert-OH is 3. The molecule has 0 aliphatic heterocycles. The van der Waals surface area contributed by atoms with Gasteiger partial charge < -0.3 is 20.4 Å². The van der Waals surface area contributed by atoms with Crippen molar-refractivity contribution in [2.75, 3.05) is 6.61 Å². The van der Waals surface area contributed by atoms with Gasteiger partial charge in [0.05, 0.1) is 24.7 Å². The molecule has 0 radical (unpaired) electrons. The average molecular weight is 192 g/mol. The van der Waals surface area contributed by atoms with Crippen LogP contribution in [0.2, 0.25) is 0 Å². The molecule has 13 heavy (non-hydrogen) atoms. The molecule has 0 fully saturated rings. The zero-order valence-electron chi connectivity index (χ0n) is 7.71. The number of carbonyl (C=O) groups is 1. The molecule has 5 nitrogen and oxygen atoms in total. The van der Waals surface area contributed by atoms with E-state index < -0.39 is 36.6 Å². The van der Waals surface area contributed by atoms with Crippen molar-refractivity contribution >= 4 is 5.97 Å². The zero-order valence-corrected chi connectivity index (χ0v) is 7.71. The summed E-state index contributed by atoms with van der Waals surface area (Å²) in [5, 5.41) is 35.6. The van der Waals surface area contributed by atoms with Gasteiger partial charge in [0.25, 0.3) is 0 Å². The highest BCUT2D eigenvalue weighted by Gasteiger charge is 2.30. The number of carboxylic acid groups (broad SMARTS) is 1. The lowest BCUT2D eigenvalue weighted by atomic mass is 9.90. The van der Waals surface area contributed by atoms with Gasteiger partial charge in [-0.15, -0.1) is 0 Å². The van der Waals surface area contributed by atoms with Crippen LogP contribution in [0.4, 0.5) is 0 Å². The van der Waals surface area contributed by atoms with E-state index in [0.29, 0.717) is 0 Å². The van der Waals surface area contributed by atoms with Gasteiger partial charge >= 0.3 is 5.97 Å². The van der Waals surface area contributed by atoms with Gasteiger partial charge in [0.1, 0.15) is 0 Å². The number of aliphatic carboxylic acids is 1. The molecule has 0 aromatic carbocycles. The minimum absolute atomic E-state index is 0.482. The maximum absolute atomic E-state index is 10.5. The fourth-order valence-corrected chi connectivity index (χ4v) is 0.995. The third-order valence-corrected chi connectivity index (χ3v) is 2.23. The predicted octanol–water partition coefficient (Wildman–Crippen LogP) is -0.943. The van der Waals surface area contributed by atoms with Gasteiger partial charge in [-0.1, -0.05) is 6.92 Å². The van der Waals surface area contributed by atoms with Crippen molar-refractivity contribution in [3.05, 3.63) is 0 Å². The van der Waals surface area contributed by atoms with E-state index in [4.69, 9.17) is 15.3 Å². The number of rotatable bonds is 5. The van der Waals surface area contributed by atoms with Gasteiger partial charge in [0, 0.05) is 5.92 Å². The number of hydrogen-bond donors (Lipinski definition) is 4. The largest absolute Gasteiger partial charge is 0.481 e. The van der Waals surface area contributed by atoms with E-state index in [1.54, 1.807) is 0 Å². The molecule has 0 aliphatic rings. The Morgan fingerprint density at radius 2 is 1.77 bits per heavy atom. The first-order valence-electron chi connectivity index (χ1n) is 4.11. The van der Waals surface area contributed by atoms with E-state index in [-0.39, 0.29) is 0 Å². The maximum Gasteiger partial charge on any atom is 0.308 e. The maximum atomic E-state index is 10.5. The van der Waals surface area contributed by atoms with Gasteiger partial charge in [-0.2, -0.15) is 0 Å². The van der Waals surface area contributed by atoms with E-state index >= 15 is 0 Å². The van der Waals surface area contributed by atoms with E-state index in [0.717, 1.165) is 0 Å². The van der Waals surface area contributed by atoms with Gasteiger partial charge in [0.2, 0.25) is 0 Å². The van der Waals surface area contributed by atoms with Gasteiger partial charge in [0.15, 0.2) is 0 Å². The standard InChI is InChI=1S/C8H16O5/c1-4(6(10)3-9)7(11)5(2)8(12)13/h4-7,9-11H,3H2,1-2H3,(H,12,13). The van der Waals surface area contributed by atoms with Crippen molar-refractivity contribution in [3.63, 3.8) is 0 Å². The minimum atomic E-state index is -1.15. The molecular weight excluding hydrogens is 176 g/mol. The lowest BCUT2D eigenvalue weighted by Gasteiger charge is -2.25. The SMILES string of the molecule is CC(C(=O)O)C(O)C(C)C(O)CO. The summed E-state index contributed by atoms with van der Waals surface area (Å²) in [7, 11) is 0. The summed E-state index contributed by atoms with van der Waals surface area (Å²) in [5.41, 5.74) is 0. The quantitative estimate of drug-likeness (QED) is 0.450. The topological polar surface area (TPSA) is 98.0 Å². The molecule has 0 spiro atoms. The van der Waals surface area contributed by atoms with Crippen LogP contribution in [-0.4, -0.2) is 45.2 Å². The average Bonchev–Trinajstić information content (AvgIpc) is 2.12. The molecule has 4 atom stereocenters. The van der Waals surface area contributed by atoms with Crippen molar-refractivity contribution in [2.24, 2.45) is 11.8 Å². The molecule has 0 aromatic rings. The Morgan fingerprint density at radius 1 is 1.31 bits per heavy atom. The minimum Gasteiger partial charge on any atom is -0.481 e. The summed E-state index contributed by atoms with van der Waals surface area (Å²) in [6, 6.07) is 0. The molecule has 0 aromatic heterocycles. The summed E-state index contributed by atoms with van der Waals surface area (Å²) in [6.45, 7) is 2.36. The van der Waals surface area contributed by atoms with Crippen LogP contribution in [0.5, 0.6) is 0 Å². The highest BCUT2D eigenvalue weighted by molar-refractivity contribution is 5.70. The van der Waals surface area contributed by atoms with Crippen LogP contribution in [0.15, 0.2) is 0 Å². The molecule has 0 amide bonds. The third-order valence-electron chi connectivity index (χ3n) is 2.23. The monoisotopic (exact) mass is 192 g/mol. The Kier molecular flexibility index (Phi) is 4.90. The molecular formula is C8H16O5. The highest BCUT2D eigenvalue weighted by Crippen LogP contribution is 2.16. The first-order chi connectivity index (χ1) is 5.91. The molecule has 4 unspecified atom stereocenters. The van der Waals surface area contributed by atoms with Crippen LogP contribution in [-0.2, 0) is 4.79 Å². The molecule has 5 heteroatoms. The van der Waals surface area contributed by atoms with E-state index in [1.165, 1.54) is 13.8 Å². The number of carboxylic acids is 1. The normalized spacial score (nSPS) is 20.4. The lowest BCUT2D eigenvalue weighted by Crippen LogP contribution is -2.38. The first kappa shape index (κ1) is 12.3. The molecule has 78 valence electrons. The Hall–Kier alpha value is -0.650. The van der Waals surface area contributed by atoms with Gasteiger partial charge in [-0.05, 0) is 6.92 Å². The summed E-state index contributed by atoms with van der Waals surface area (Å²) in [6.07, 6.45) is -2.24. The van der Waals surface area contributed by atoms with Crippen molar-refractivity contribution in [2.45, 2.75) is 26.1 Å². The van der Waals surface area contributed by atoms with Gasteiger partial charge in [-0.3, -0.25) is 4.79 Å². The molecule has 0 bridgehead atoms. The van der Waals surface area contributed by atoms with Crippen molar-refractivity contribution < 1.29 is 25.2 Å². The zero-order chi connectivity index (χ0) is 10.6. The Labute approximate surface area is 76.6 Å². The van der Waals surface area contributed by atoms with Crippen LogP contribution in [0.3, 0.4) is 0 Å². The van der Waals surface area contributed by atoms with Crippen molar-refractivity contribution in [1.29, 1.82) is 0 Å².